The van der Waals surface area contributed by atoms with Gasteiger partial charge in [-0.15, -0.1) is 35.9 Å². The molecule has 0 bridgehead atoms. The SMILES string of the molecule is COc1cccc(OC)c1-c1cccc2c1P(C(C)(C)C)CO2.CS(=O)(=O)O.Nc1ccccc1-c1[c-]cccc1.[Pd]. The summed E-state index contributed by atoms with van der Waals surface area (Å²) in [5.74, 6) is 2.65. The van der Waals surface area contributed by atoms with E-state index in [4.69, 9.17) is 24.5 Å². The minimum absolute atomic E-state index is 0. The quantitative estimate of drug-likeness (QED) is 0.0787. The number of nitrogen functional groups attached to an aromatic ring is 1. The minimum Gasteiger partial charge on any atom is -0.496 e. The van der Waals surface area contributed by atoms with Gasteiger partial charge in [-0.3, -0.25) is 4.55 Å². The molecule has 7 nitrogen and oxygen atoms in total. The Kier molecular flexibility index (Phi) is 13.0. The molecule has 4 aromatic carbocycles. The first-order valence-corrected chi connectivity index (χ1v) is 16.2. The molecule has 0 saturated heterocycles. The van der Waals surface area contributed by atoms with Crippen LogP contribution in [0.2, 0.25) is 0 Å². The molecule has 4 aromatic rings. The summed E-state index contributed by atoms with van der Waals surface area (Å²) in [5, 5.41) is 1.50. The van der Waals surface area contributed by atoms with Gasteiger partial charge in [0, 0.05) is 31.3 Å². The Bertz CT molecular complexity index is 1530. The van der Waals surface area contributed by atoms with Crippen LogP contribution in [0.3, 0.4) is 0 Å². The molecular formula is C32H37NO6PPdS-. The molecule has 3 N–H and O–H groups in total. The first-order valence-electron chi connectivity index (χ1n) is 12.8. The molecule has 0 aliphatic carbocycles. The molecule has 1 heterocycles. The maximum absolute atomic E-state index is 9.19. The second kappa shape index (κ2) is 15.5. The van der Waals surface area contributed by atoms with E-state index in [1.54, 1.807) is 14.2 Å². The number of nitrogens with two attached hydrogens (primary N) is 1. The van der Waals surface area contributed by atoms with Crippen LogP contribution >= 0.6 is 7.92 Å². The summed E-state index contributed by atoms with van der Waals surface area (Å²) in [4.78, 5) is 0. The molecule has 10 heteroatoms. The van der Waals surface area contributed by atoms with Crippen LogP contribution in [-0.2, 0) is 30.5 Å². The van der Waals surface area contributed by atoms with Crippen molar-refractivity contribution >= 4 is 29.0 Å². The monoisotopic (exact) mass is 700 g/mol. The van der Waals surface area contributed by atoms with E-state index in [1.165, 1.54) is 5.30 Å². The molecule has 0 spiro atoms. The van der Waals surface area contributed by atoms with Crippen LogP contribution in [0.4, 0.5) is 5.69 Å². The predicted octanol–water partition coefficient (Wildman–Crippen LogP) is 6.86. The Labute approximate surface area is 264 Å². The number of hydrogen-bond acceptors (Lipinski definition) is 6. The van der Waals surface area contributed by atoms with Gasteiger partial charge in [0.1, 0.15) is 23.6 Å². The Balaban J connectivity index is 0.000000273. The van der Waals surface area contributed by atoms with Crippen molar-refractivity contribution in [1.29, 1.82) is 0 Å². The first-order chi connectivity index (χ1) is 19.3. The number of ether oxygens (including phenoxy) is 3. The van der Waals surface area contributed by atoms with Gasteiger partial charge in [0.15, 0.2) is 0 Å². The zero-order valence-corrected chi connectivity index (χ0v) is 27.8. The molecule has 0 fully saturated rings. The van der Waals surface area contributed by atoms with E-state index in [2.05, 4.69) is 39.0 Å². The topological polar surface area (TPSA) is 108 Å². The third-order valence-electron chi connectivity index (χ3n) is 6.09. The van der Waals surface area contributed by atoms with Gasteiger partial charge in [0.25, 0.3) is 10.1 Å². The molecule has 0 amide bonds. The van der Waals surface area contributed by atoms with Gasteiger partial charge in [-0.05, 0) is 43.0 Å². The fraction of sp³-hybridized carbons (Fsp3) is 0.250. The summed E-state index contributed by atoms with van der Waals surface area (Å²) in [6.07, 6.45) is 1.50. The van der Waals surface area contributed by atoms with Crippen molar-refractivity contribution in [3.8, 4) is 39.5 Å². The number of methoxy groups -OCH3 is 2. The Morgan fingerprint density at radius 2 is 1.43 bits per heavy atom. The normalized spacial score (nSPS) is 13.5. The maximum atomic E-state index is 9.19. The van der Waals surface area contributed by atoms with Crippen molar-refractivity contribution in [3.05, 3.63) is 91.0 Å². The molecule has 0 saturated carbocycles. The van der Waals surface area contributed by atoms with Gasteiger partial charge in [-0.25, -0.2) is 0 Å². The second-order valence-corrected chi connectivity index (χ2v) is 14.5. The van der Waals surface area contributed by atoms with Crippen LogP contribution in [0.5, 0.6) is 17.2 Å². The van der Waals surface area contributed by atoms with Crippen LogP contribution in [0.15, 0.2) is 84.9 Å². The summed E-state index contributed by atoms with van der Waals surface area (Å²) >= 11 is 0. The average molecular weight is 701 g/mol. The van der Waals surface area contributed by atoms with Gasteiger partial charge in [-0.1, -0.05) is 62.7 Å². The van der Waals surface area contributed by atoms with Gasteiger partial charge in [-0.2, -0.15) is 8.42 Å². The van der Waals surface area contributed by atoms with Crippen LogP contribution in [-0.4, -0.2) is 44.9 Å². The van der Waals surface area contributed by atoms with E-state index in [0.717, 1.165) is 51.5 Å². The average Bonchev–Trinajstić information content (AvgIpc) is 3.38. The molecule has 1 aliphatic heterocycles. The molecule has 1 aliphatic rings. The van der Waals surface area contributed by atoms with Crippen molar-refractivity contribution in [2.75, 3.05) is 32.6 Å². The van der Waals surface area contributed by atoms with Crippen LogP contribution < -0.4 is 25.2 Å². The number of para-hydroxylation sites is 1. The van der Waals surface area contributed by atoms with Crippen LogP contribution in [0, 0.1) is 6.07 Å². The second-order valence-electron chi connectivity index (χ2n) is 10.2. The fourth-order valence-electron chi connectivity index (χ4n) is 4.27. The number of hydrogen-bond donors (Lipinski definition) is 2. The predicted molar refractivity (Wildman–Crippen MR) is 169 cm³/mol. The van der Waals surface area contributed by atoms with E-state index in [-0.39, 0.29) is 25.6 Å². The molecule has 0 radical (unpaired) electrons. The van der Waals surface area contributed by atoms with Gasteiger partial charge < -0.3 is 19.9 Å². The van der Waals surface area contributed by atoms with E-state index in [0.29, 0.717) is 6.26 Å². The summed E-state index contributed by atoms with van der Waals surface area (Å²) < 4.78 is 43.1. The summed E-state index contributed by atoms with van der Waals surface area (Å²) in [6.45, 7) is 6.86. The van der Waals surface area contributed by atoms with Gasteiger partial charge in [0.2, 0.25) is 0 Å². The Morgan fingerprint density at radius 3 is 1.95 bits per heavy atom. The molecule has 5 rings (SSSR count). The number of benzene rings is 4. The Morgan fingerprint density at radius 1 is 0.881 bits per heavy atom. The van der Waals surface area contributed by atoms with E-state index in [9.17, 15) is 8.42 Å². The van der Waals surface area contributed by atoms with Crippen molar-refractivity contribution in [2.24, 2.45) is 0 Å². The molecular weight excluding hydrogens is 664 g/mol. The summed E-state index contributed by atoms with van der Waals surface area (Å²) in [6, 6.07) is 30.9. The zero-order chi connectivity index (χ0) is 30.2. The fourth-order valence-corrected chi connectivity index (χ4v) is 6.60. The number of rotatable bonds is 4. The zero-order valence-electron chi connectivity index (χ0n) is 24.5. The third kappa shape index (κ3) is 9.56. The molecule has 0 aromatic heterocycles. The van der Waals surface area contributed by atoms with Crippen molar-refractivity contribution in [2.45, 2.75) is 25.9 Å². The summed E-state index contributed by atoms with van der Waals surface area (Å²) in [7, 11) is -0.683. The molecule has 1 atom stereocenters. The molecule has 42 heavy (non-hydrogen) atoms. The minimum atomic E-state index is -3.67. The van der Waals surface area contributed by atoms with Gasteiger partial charge in [0.05, 0.1) is 26.0 Å². The number of fused-ring (bicyclic) bond motifs is 1. The van der Waals surface area contributed by atoms with E-state index < -0.39 is 18.0 Å². The smallest absolute Gasteiger partial charge is 0.261 e. The largest absolute Gasteiger partial charge is 0.496 e. The van der Waals surface area contributed by atoms with E-state index >= 15 is 0 Å². The maximum Gasteiger partial charge on any atom is 0.261 e. The standard InChI is InChI=1S/C19H23O3P.C12H10N.CH4O3S.Pd/c1-19(2,3)23-12-22-16-11-6-8-13(18(16)23)17-14(20-4)9-7-10-15(17)21-5;13-12-9-5-4-8-11(12)10-6-2-1-3-7-10;1-5(2,3)4;/h6-11H,12H2,1-5H3;1-6,8-9H,13H2;1H3,(H,2,3,4);/q;-1;;. The Hall–Kier alpha value is -2.92. The van der Waals surface area contributed by atoms with Crippen molar-refractivity contribution < 1.29 is 47.6 Å². The van der Waals surface area contributed by atoms with Crippen molar-refractivity contribution in [3.63, 3.8) is 0 Å². The first kappa shape index (κ1) is 35.3. The number of anilines is 1. The van der Waals surface area contributed by atoms with Crippen LogP contribution in [0.25, 0.3) is 22.3 Å². The van der Waals surface area contributed by atoms with E-state index in [1.807, 2.05) is 72.8 Å². The molecule has 228 valence electrons. The molecule has 1 unspecified atom stereocenters. The van der Waals surface area contributed by atoms with Crippen molar-refractivity contribution in [1.82, 2.24) is 0 Å². The van der Waals surface area contributed by atoms with Crippen LogP contribution in [0.1, 0.15) is 20.8 Å². The van der Waals surface area contributed by atoms with Gasteiger partial charge >= 0.3 is 0 Å². The summed E-state index contributed by atoms with van der Waals surface area (Å²) in [5.41, 5.74) is 10.9. The third-order valence-corrected chi connectivity index (χ3v) is 9.09.